The Morgan fingerprint density at radius 3 is 2.67 bits per heavy atom. The molecule has 0 bridgehead atoms. The van der Waals surface area contributed by atoms with Gasteiger partial charge in [-0.05, 0) is 17.7 Å². The van der Waals surface area contributed by atoms with Crippen LogP contribution in [-0.4, -0.2) is 28.3 Å². The number of anilines is 1. The highest BCUT2D eigenvalue weighted by atomic mass is 16.6. The standard InChI is InChI=1S/C9H12N2O4/c12-4-3-10-8-5-7(6-13)1-2-9(8)11(14)15/h1-2,5,10,12-13H,3-4,6H2. The highest BCUT2D eigenvalue weighted by Gasteiger charge is 2.13. The van der Waals surface area contributed by atoms with Crippen LogP contribution in [0.2, 0.25) is 0 Å². The number of nitro benzene ring substituents is 1. The molecule has 0 saturated carbocycles. The quantitative estimate of drug-likeness (QED) is 0.487. The maximum absolute atomic E-state index is 10.6. The second-order valence-electron chi connectivity index (χ2n) is 2.92. The monoisotopic (exact) mass is 212 g/mol. The third kappa shape index (κ3) is 2.90. The molecule has 0 aliphatic carbocycles. The van der Waals surface area contributed by atoms with Crippen molar-refractivity contribution in [2.24, 2.45) is 0 Å². The molecule has 1 rings (SSSR count). The van der Waals surface area contributed by atoms with Crippen LogP contribution in [-0.2, 0) is 6.61 Å². The fourth-order valence-corrected chi connectivity index (χ4v) is 1.17. The van der Waals surface area contributed by atoms with Gasteiger partial charge in [-0.1, -0.05) is 0 Å². The molecule has 0 aromatic heterocycles. The Balaban J connectivity index is 2.99. The minimum Gasteiger partial charge on any atom is -0.395 e. The van der Waals surface area contributed by atoms with Crippen molar-refractivity contribution in [2.45, 2.75) is 6.61 Å². The second-order valence-corrected chi connectivity index (χ2v) is 2.92. The molecule has 0 amide bonds. The number of benzene rings is 1. The van der Waals surface area contributed by atoms with Gasteiger partial charge in [0, 0.05) is 12.6 Å². The molecule has 1 aromatic rings. The Morgan fingerprint density at radius 1 is 1.40 bits per heavy atom. The molecule has 0 fully saturated rings. The van der Waals surface area contributed by atoms with Gasteiger partial charge in [-0.25, -0.2) is 0 Å². The number of aliphatic hydroxyl groups excluding tert-OH is 2. The summed E-state index contributed by atoms with van der Waals surface area (Å²) in [5.41, 5.74) is 0.822. The van der Waals surface area contributed by atoms with Crippen LogP contribution in [0, 0.1) is 10.1 Å². The predicted molar refractivity (Wildman–Crippen MR) is 54.6 cm³/mol. The Labute approximate surface area is 86.3 Å². The van der Waals surface area contributed by atoms with Crippen LogP contribution in [0.1, 0.15) is 5.56 Å². The normalized spacial score (nSPS) is 10.0. The molecule has 15 heavy (non-hydrogen) atoms. The molecular formula is C9H12N2O4. The zero-order chi connectivity index (χ0) is 11.3. The molecule has 3 N–H and O–H groups in total. The average molecular weight is 212 g/mol. The molecule has 0 spiro atoms. The molecule has 0 atom stereocenters. The topological polar surface area (TPSA) is 95.6 Å². The molecule has 0 saturated heterocycles. The summed E-state index contributed by atoms with van der Waals surface area (Å²) in [7, 11) is 0. The zero-order valence-corrected chi connectivity index (χ0v) is 8.01. The fraction of sp³-hybridized carbons (Fsp3) is 0.333. The number of hydrogen-bond acceptors (Lipinski definition) is 5. The van der Waals surface area contributed by atoms with Gasteiger partial charge in [-0.2, -0.15) is 0 Å². The van der Waals surface area contributed by atoms with Crippen LogP contribution in [0.5, 0.6) is 0 Å². The van der Waals surface area contributed by atoms with Crippen molar-refractivity contribution < 1.29 is 15.1 Å². The Hall–Kier alpha value is -1.66. The molecule has 0 aliphatic rings. The van der Waals surface area contributed by atoms with Crippen molar-refractivity contribution in [3.63, 3.8) is 0 Å². The molecule has 0 aliphatic heterocycles. The summed E-state index contributed by atoms with van der Waals surface area (Å²) >= 11 is 0. The first-order valence-electron chi connectivity index (χ1n) is 4.42. The van der Waals surface area contributed by atoms with Gasteiger partial charge >= 0.3 is 0 Å². The molecule has 0 unspecified atom stereocenters. The van der Waals surface area contributed by atoms with Crippen LogP contribution in [0.4, 0.5) is 11.4 Å². The third-order valence-corrected chi connectivity index (χ3v) is 1.87. The number of nitrogens with one attached hydrogen (secondary N) is 1. The molecule has 6 heteroatoms. The van der Waals surface area contributed by atoms with Gasteiger partial charge in [0.15, 0.2) is 0 Å². The molecule has 1 aromatic carbocycles. The predicted octanol–water partition coefficient (Wildman–Crippen LogP) is 0.491. The van der Waals surface area contributed by atoms with Gasteiger partial charge in [0.2, 0.25) is 0 Å². The van der Waals surface area contributed by atoms with E-state index in [-0.39, 0.29) is 25.4 Å². The highest BCUT2D eigenvalue weighted by molar-refractivity contribution is 5.62. The summed E-state index contributed by atoms with van der Waals surface area (Å²) in [6.07, 6.45) is 0. The van der Waals surface area contributed by atoms with Crippen molar-refractivity contribution in [3.05, 3.63) is 33.9 Å². The maximum Gasteiger partial charge on any atom is 0.292 e. The van der Waals surface area contributed by atoms with Crippen LogP contribution < -0.4 is 5.32 Å². The van der Waals surface area contributed by atoms with E-state index in [1.807, 2.05) is 0 Å². The van der Waals surface area contributed by atoms with Gasteiger partial charge in [0.1, 0.15) is 5.69 Å². The molecule has 82 valence electrons. The van der Waals surface area contributed by atoms with Crippen molar-refractivity contribution in [3.8, 4) is 0 Å². The van der Waals surface area contributed by atoms with Crippen LogP contribution >= 0.6 is 0 Å². The van der Waals surface area contributed by atoms with E-state index < -0.39 is 4.92 Å². The largest absolute Gasteiger partial charge is 0.395 e. The van der Waals surface area contributed by atoms with E-state index in [0.29, 0.717) is 11.3 Å². The highest BCUT2D eigenvalue weighted by Crippen LogP contribution is 2.25. The lowest BCUT2D eigenvalue weighted by atomic mass is 10.2. The van der Waals surface area contributed by atoms with Crippen molar-refractivity contribution in [1.82, 2.24) is 0 Å². The van der Waals surface area contributed by atoms with Gasteiger partial charge in [-0.15, -0.1) is 0 Å². The smallest absolute Gasteiger partial charge is 0.292 e. The van der Waals surface area contributed by atoms with E-state index in [0.717, 1.165) is 0 Å². The average Bonchev–Trinajstić information content (AvgIpc) is 2.25. The van der Waals surface area contributed by atoms with E-state index in [2.05, 4.69) is 5.32 Å². The van der Waals surface area contributed by atoms with Crippen molar-refractivity contribution in [2.75, 3.05) is 18.5 Å². The van der Waals surface area contributed by atoms with Crippen LogP contribution in [0.15, 0.2) is 18.2 Å². The van der Waals surface area contributed by atoms with Gasteiger partial charge in [0.05, 0.1) is 18.1 Å². The maximum atomic E-state index is 10.6. The van der Waals surface area contributed by atoms with E-state index in [1.54, 1.807) is 0 Å². The summed E-state index contributed by atoms with van der Waals surface area (Å²) in [5.74, 6) is 0. The lowest BCUT2D eigenvalue weighted by Gasteiger charge is -2.06. The lowest BCUT2D eigenvalue weighted by Crippen LogP contribution is -2.07. The Morgan fingerprint density at radius 2 is 2.13 bits per heavy atom. The van der Waals surface area contributed by atoms with Crippen molar-refractivity contribution >= 4 is 11.4 Å². The zero-order valence-electron chi connectivity index (χ0n) is 8.01. The molecule has 0 radical (unpaired) electrons. The number of rotatable bonds is 5. The summed E-state index contributed by atoms with van der Waals surface area (Å²) in [6, 6.07) is 4.31. The lowest BCUT2D eigenvalue weighted by molar-refractivity contribution is -0.384. The van der Waals surface area contributed by atoms with E-state index >= 15 is 0 Å². The fourth-order valence-electron chi connectivity index (χ4n) is 1.17. The minimum atomic E-state index is -0.513. The second kappa shape index (κ2) is 5.28. The SMILES string of the molecule is O=[N+]([O-])c1ccc(CO)cc1NCCO. The van der Waals surface area contributed by atoms with E-state index in [1.165, 1.54) is 18.2 Å². The molecule has 0 heterocycles. The summed E-state index contributed by atoms with van der Waals surface area (Å²) in [5, 5.41) is 30.8. The molecular weight excluding hydrogens is 200 g/mol. The van der Waals surface area contributed by atoms with Crippen LogP contribution in [0.25, 0.3) is 0 Å². The van der Waals surface area contributed by atoms with Crippen molar-refractivity contribution in [1.29, 1.82) is 0 Å². The Kier molecular flexibility index (Phi) is 4.02. The first-order chi connectivity index (χ1) is 7.19. The number of nitro groups is 1. The number of hydrogen-bond donors (Lipinski definition) is 3. The van der Waals surface area contributed by atoms with Crippen LogP contribution in [0.3, 0.4) is 0 Å². The minimum absolute atomic E-state index is 0.0688. The molecule has 6 nitrogen and oxygen atoms in total. The van der Waals surface area contributed by atoms with E-state index in [4.69, 9.17) is 10.2 Å². The first kappa shape index (κ1) is 11.4. The summed E-state index contributed by atoms with van der Waals surface area (Å²) in [4.78, 5) is 10.1. The third-order valence-electron chi connectivity index (χ3n) is 1.87. The summed E-state index contributed by atoms with van der Waals surface area (Å²) < 4.78 is 0. The number of nitrogens with zero attached hydrogens (tertiary/aromatic N) is 1. The number of aliphatic hydroxyl groups is 2. The van der Waals surface area contributed by atoms with Gasteiger partial charge < -0.3 is 15.5 Å². The van der Waals surface area contributed by atoms with Gasteiger partial charge in [-0.3, -0.25) is 10.1 Å². The van der Waals surface area contributed by atoms with Gasteiger partial charge in [0.25, 0.3) is 5.69 Å². The van der Waals surface area contributed by atoms with E-state index in [9.17, 15) is 10.1 Å². The Bertz CT molecular complexity index is 354. The first-order valence-corrected chi connectivity index (χ1v) is 4.42. The summed E-state index contributed by atoms with van der Waals surface area (Å²) in [6.45, 7) is -0.0535.